The molecule has 5 nitrogen and oxygen atoms in total. The minimum absolute atomic E-state index is 0.120. The molecule has 0 heterocycles. The number of aliphatic carboxylic acids is 1. The summed E-state index contributed by atoms with van der Waals surface area (Å²) in [5, 5.41) is 11.2. The lowest BCUT2D eigenvalue weighted by atomic mass is 10.1. The Bertz CT molecular complexity index is 227. The molecular weight excluding hydrogens is 198 g/mol. The highest BCUT2D eigenvalue weighted by molar-refractivity contribution is 5.84. The number of allylic oxidation sites excluding steroid dienone is 1. The van der Waals surface area contributed by atoms with Crippen LogP contribution in [0.3, 0.4) is 0 Å². The second-order valence-corrected chi connectivity index (χ2v) is 3.11. The quantitative estimate of drug-likeness (QED) is 0.458. The molecule has 1 amide bonds. The molecular formula is C10H17NO4. The molecule has 0 aromatic rings. The maximum atomic E-state index is 11.1. The second-order valence-electron chi connectivity index (χ2n) is 3.11. The number of hydrogen-bond donors (Lipinski definition) is 2. The third-order valence-corrected chi connectivity index (χ3v) is 1.81. The van der Waals surface area contributed by atoms with Gasteiger partial charge in [-0.3, -0.25) is 4.79 Å². The highest BCUT2D eigenvalue weighted by Gasteiger charge is 2.18. The predicted molar refractivity (Wildman–Crippen MR) is 55.5 cm³/mol. The largest absolute Gasteiger partial charge is 0.480 e. The molecule has 86 valence electrons. The Morgan fingerprint density at radius 3 is 2.73 bits per heavy atom. The van der Waals surface area contributed by atoms with Crippen LogP contribution in [0.1, 0.15) is 19.3 Å². The average molecular weight is 215 g/mol. The van der Waals surface area contributed by atoms with E-state index in [1.807, 2.05) is 0 Å². The Morgan fingerprint density at radius 1 is 1.60 bits per heavy atom. The number of amides is 1. The number of unbranched alkanes of at least 4 members (excludes halogenated alkanes) is 1. The van der Waals surface area contributed by atoms with Crippen molar-refractivity contribution < 1.29 is 19.4 Å². The maximum Gasteiger partial charge on any atom is 0.326 e. The SMILES string of the molecule is C=CCCC[C@H](NC(=O)COC)C(=O)O. The lowest BCUT2D eigenvalue weighted by molar-refractivity contribution is -0.142. The van der Waals surface area contributed by atoms with E-state index in [2.05, 4.69) is 16.6 Å². The first-order chi connectivity index (χ1) is 7.11. The summed E-state index contributed by atoms with van der Waals surface area (Å²) >= 11 is 0. The summed E-state index contributed by atoms with van der Waals surface area (Å²) < 4.78 is 4.59. The fourth-order valence-electron chi connectivity index (χ4n) is 1.09. The van der Waals surface area contributed by atoms with Crippen molar-refractivity contribution in [3.05, 3.63) is 12.7 Å². The molecule has 0 bridgehead atoms. The molecule has 0 radical (unpaired) electrons. The minimum Gasteiger partial charge on any atom is -0.480 e. The molecule has 0 spiro atoms. The Morgan fingerprint density at radius 2 is 2.27 bits per heavy atom. The van der Waals surface area contributed by atoms with E-state index in [-0.39, 0.29) is 6.61 Å². The standard InChI is InChI=1S/C10H17NO4/c1-3-4-5-6-8(10(13)14)11-9(12)7-15-2/h3,8H,1,4-7H2,2H3,(H,11,12)(H,13,14)/t8-/m0/s1. The van der Waals surface area contributed by atoms with E-state index in [1.54, 1.807) is 6.08 Å². The van der Waals surface area contributed by atoms with Crippen molar-refractivity contribution in [3.8, 4) is 0 Å². The maximum absolute atomic E-state index is 11.1. The van der Waals surface area contributed by atoms with Gasteiger partial charge in [-0.05, 0) is 19.3 Å². The van der Waals surface area contributed by atoms with Crippen molar-refractivity contribution in [2.75, 3.05) is 13.7 Å². The van der Waals surface area contributed by atoms with Crippen molar-refractivity contribution in [1.82, 2.24) is 5.32 Å². The van der Waals surface area contributed by atoms with Gasteiger partial charge in [0.15, 0.2) is 0 Å². The molecule has 0 rings (SSSR count). The molecule has 5 heteroatoms. The fourth-order valence-corrected chi connectivity index (χ4v) is 1.09. The molecule has 0 unspecified atom stereocenters. The summed E-state index contributed by atoms with van der Waals surface area (Å²) in [4.78, 5) is 21.8. The first-order valence-corrected chi connectivity index (χ1v) is 4.73. The van der Waals surface area contributed by atoms with Crippen LogP contribution >= 0.6 is 0 Å². The van der Waals surface area contributed by atoms with Gasteiger partial charge >= 0.3 is 5.97 Å². The summed E-state index contributed by atoms with van der Waals surface area (Å²) in [5.74, 6) is -1.44. The molecule has 0 aliphatic carbocycles. The Balaban J connectivity index is 3.98. The topological polar surface area (TPSA) is 75.6 Å². The van der Waals surface area contributed by atoms with Gasteiger partial charge in [0, 0.05) is 7.11 Å². The summed E-state index contributed by atoms with van der Waals surface area (Å²) in [6.45, 7) is 3.42. The van der Waals surface area contributed by atoms with E-state index in [4.69, 9.17) is 5.11 Å². The van der Waals surface area contributed by atoms with Gasteiger partial charge in [0.1, 0.15) is 12.6 Å². The predicted octanol–water partition coefficient (Wildman–Crippen LogP) is 0.558. The highest BCUT2D eigenvalue weighted by Crippen LogP contribution is 2.01. The summed E-state index contributed by atoms with van der Waals surface area (Å²) in [5.41, 5.74) is 0. The van der Waals surface area contributed by atoms with Gasteiger partial charge in [-0.25, -0.2) is 4.79 Å². The number of ether oxygens (including phenoxy) is 1. The monoisotopic (exact) mass is 215 g/mol. The molecule has 2 N–H and O–H groups in total. The minimum atomic E-state index is -1.02. The van der Waals surface area contributed by atoms with E-state index in [9.17, 15) is 9.59 Å². The zero-order valence-electron chi connectivity index (χ0n) is 8.86. The molecule has 15 heavy (non-hydrogen) atoms. The number of carboxylic acids is 1. The van der Waals surface area contributed by atoms with Crippen LogP contribution in [0.2, 0.25) is 0 Å². The molecule has 1 atom stereocenters. The normalized spacial score (nSPS) is 11.8. The summed E-state index contributed by atoms with van der Waals surface area (Å²) in [7, 11) is 1.38. The number of carbonyl (C=O) groups is 2. The molecule has 0 aliphatic heterocycles. The van der Waals surface area contributed by atoms with Gasteiger partial charge in [0.25, 0.3) is 0 Å². The van der Waals surface area contributed by atoms with E-state index in [0.717, 1.165) is 6.42 Å². The van der Waals surface area contributed by atoms with Gasteiger partial charge in [-0.2, -0.15) is 0 Å². The number of methoxy groups -OCH3 is 1. The van der Waals surface area contributed by atoms with Crippen molar-refractivity contribution >= 4 is 11.9 Å². The van der Waals surface area contributed by atoms with Crippen molar-refractivity contribution in [2.45, 2.75) is 25.3 Å². The zero-order chi connectivity index (χ0) is 11.7. The lowest BCUT2D eigenvalue weighted by Crippen LogP contribution is -2.42. The first-order valence-electron chi connectivity index (χ1n) is 4.73. The molecule has 0 aromatic heterocycles. The average Bonchev–Trinajstić information content (AvgIpc) is 2.16. The third kappa shape index (κ3) is 6.68. The van der Waals surface area contributed by atoms with Crippen LogP contribution < -0.4 is 5.32 Å². The molecule has 0 aliphatic rings. The van der Waals surface area contributed by atoms with Crippen LogP contribution in [-0.4, -0.2) is 36.7 Å². The lowest BCUT2D eigenvalue weighted by Gasteiger charge is -2.13. The smallest absolute Gasteiger partial charge is 0.326 e. The van der Waals surface area contributed by atoms with Crippen LogP contribution in [0, 0.1) is 0 Å². The number of carbonyl (C=O) groups excluding carboxylic acids is 1. The Labute approximate surface area is 89.1 Å². The van der Waals surface area contributed by atoms with E-state index >= 15 is 0 Å². The van der Waals surface area contributed by atoms with E-state index < -0.39 is 17.9 Å². The molecule has 0 saturated carbocycles. The van der Waals surface area contributed by atoms with Gasteiger partial charge in [0.05, 0.1) is 0 Å². The van der Waals surface area contributed by atoms with Crippen LogP contribution in [0.4, 0.5) is 0 Å². The van der Waals surface area contributed by atoms with Crippen molar-refractivity contribution in [2.24, 2.45) is 0 Å². The zero-order valence-corrected chi connectivity index (χ0v) is 8.86. The van der Waals surface area contributed by atoms with Crippen LogP contribution in [0.15, 0.2) is 12.7 Å². The Hall–Kier alpha value is -1.36. The number of carboxylic acid groups (broad SMARTS) is 1. The highest BCUT2D eigenvalue weighted by atomic mass is 16.5. The molecule has 0 fully saturated rings. The van der Waals surface area contributed by atoms with Crippen molar-refractivity contribution in [1.29, 1.82) is 0 Å². The number of rotatable bonds is 8. The van der Waals surface area contributed by atoms with Gasteiger partial charge < -0.3 is 15.2 Å². The molecule has 0 aromatic carbocycles. The summed E-state index contributed by atoms with van der Waals surface area (Å²) in [6.07, 6.45) is 3.55. The number of nitrogens with one attached hydrogen (secondary N) is 1. The fraction of sp³-hybridized carbons (Fsp3) is 0.600. The van der Waals surface area contributed by atoms with Crippen LogP contribution in [0.5, 0.6) is 0 Å². The number of hydrogen-bond acceptors (Lipinski definition) is 3. The van der Waals surface area contributed by atoms with E-state index in [0.29, 0.717) is 12.8 Å². The third-order valence-electron chi connectivity index (χ3n) is 1.81. The van der Waals surface area contributed by atoms with Gasteiger partial charge in [0.2, 0.25) is 5.91 Å². The second kappa shape index (κ2) is 7.99. The van der Waals surface area contributed by atoms with Gasteiger partial charge in [-0.1, -0.05) is 6.08 Å². The first kappa shape index (κ1) is 13.6. The van der Waals surface area contributed by atoms with Crippen LogP contribution in [-0.2, 0) is 14.3 Å². The summed E-state index contributed by atoms with van der Waals surface area (Å²) in [6, 6.07) is -0.840. The van der Waals surface area contributed by atoms with Crippen LogP contribution in [0.25, 0.3) is 0 Å². The molecule has 0 saturated heterocycles. The van der Waals surface area contributed by atoms with E-state index in [1.165, 1.54) is 7.11 Å². The van der Waals surface area contributed by atoms with Gasteiger partial charge in [-0.15, -0.1) is 6.58 Å². The Kier molecular flexibility index (Phi) is 7.27. The van der Waals surface area contributed by atoms with Crippen molar-refractivity contribution in [3.63, 3.8) is 0 Å².